The van der Waals surface area contributed by atoms with Crippen LogP contribution in [0.5, 0.6) is 0 Å². The third kappa shape index (κ3) is 9.67. The highest BCUT2D eigenvalue weighted by molar-refractivity contribution is 6.27. The average molecular weight is 304 g/mol. The number of carboxylic acids is 2. The molecule has 8 heteroatoms. The molecule has 122 valence electrons. The van der Waals surface area contributed by atoms with Gasteiger partial charge in [0.1, 0.15) is 5.60 Å². The van der Waals surface area contributed by atoms with Gasteiger partial charge in [0.15, 0.2) is 0 Å². The van der Waals surface area contributed by atoms with Crippen molar-refractivity contribution in [2.24, 2.45) is 0 Å². The van der Waals surface area contributed by atoms with Gasteiger partial charge in [-0.15, -0.1) is 0 Å². The number of rotatable bonds is 0. The lowest BCUT2D eigenvalue weighted by Gasteiger charge is -2.27. The number of hydrogen-bond donors (Lipinski definition) is 3. The largest absolute Gasteiger partial charge is 0.473 e. The second-order valence-corrected chi connectivity index (χ2v) is 5.75. The van der Waals surface area contributed by atoms with E-state index in [0.29, 0.717) is 6.04 Å². The summed E-state index contributed by atoms with van der Waals surface area (Å²) in [5.41, 5.74) is -0.403. The summed E-state index contributed by atoms with van der Waals surface area (Å²) in [5.74, 6) is -3.65. The summed E-state index contributed by atoms with van der Waals surface area (Å²) in [4.78, 5) is 31.8. The van der Waals surface area contributed by atoms with Crippen LogP contribution in [0.1, 0.15) is 34.1 Å². The van der Waals surface area contributed by atoms with Crippen molar-refractivity contribution in [2.45, 2.75) is 45.8 Å². The molecular formula is C13H24N2O6. The van der Waals surface area contributed by atoms with E-state index in [2.05, 4.69) is 12.2 Å². The first kappa shape index (κ1) is 19.2. The lowest BCUT2D eigenvalue weighted by molar-refractivity contribution is -0.159. The Balaban J connectivity index is 0.000000567. The number of hydrogen-bond acceptors (Lipinski definition) is 5. The molecule has 1 saturated heterocycles. The number of aliphatic carboxylic acids is 2. The second-order valence-electron chi connectivity index (χ2n) is 5.75. The molecule has 21 heavy (non-hydrogen) atoms. The predicted octanol–water partition coefficient (Wildman–Crippen LogP) is 0.761. The Hall–Kier alpha value is -1.83. The maximum atomic E-state index is 11.8. The Morgan fingerprint density at radius 1 is 1.19 bits per heavy atom. The Kier molecular flexibility index (Phi) is 7.72. The predicted molar refractivity (Wildman–Crippen MR) is 75.2 cm³/mol. The minimum Gasteiger partial charge on any atom is -0.473 e. The fourth-order valence-corrected chi connectivity index (χ4v) is 1.60. The summed E-state index contributed by atoms with van der Waals surface area (Å²) in [6, 6.07) is 0.347. The van der Waals surface area contributed by atoms with E-state index in [9.17, 15) is 4.79 Å². The van der Waals surface area contributed by atoms with E-state index >= 15 is 0 Å². The van der Waals surface area contributed by atoms with Crippen molar-refractivity contribution in [1.29, 1.82) is 0 Å². The molecule has 0 saturated carbocycles. The van der Waals surface area contributed by atoms with Gasteiger partial charge in [0, 0.05) is 19.1 Å². The van der Waals surface area contributed by atoms with E-state index in [1.54, 1.807) is 4.90 Å². The van der Waals surface area contributed by atoms with Crippen molar-refractivity contribution in [1.82, 2.24) is 10.2 Å². The SMILES string of the molecule is C[C@H]1CN(C(=O)OC(C)(C)C)CCCN1.O=C(O)C(=O)O. The number of nitrogens with zero attached hydrogens (tertiary/aromatic N) is 1. The standard InChI is InChI=1S/C11H22N2O2.C2H2O4/c1-9-8-13(7-5-6-12-9)10(14)15-11(2,3)4;3-1(4)2(5)6/h9,12H,5-8H2,1-4H3;(H,3,4)(H,5,6)/t9-;/m0./s1. The lowest BCUT2D eigenvalue weighted by Crippen LogP contribution is -2.41. The monoisotopic (exact) mass is 304 g/mol. The minimum atomic E-state index is -1.82. The molecule has 0 aromatic carbocycles. The fourth-order valence-electron chi connectivity index (χ4n) is 1.60. The molecule has 1 rings (SSSR count). The maximum absolute atomic E-state index is 11.8. The molecule has 0 bridgehead atoms. The number of ether oxygens (including phenoxy) is 1. The zero-order chi connectivity index (χ0) is 16.6. The van der Waals surface area contributed by atoms with Crippen LogP contribution in [-0.2, 0) is 14.3 Å². The summed E-state index contributed by atoms with van der Waals surface area (Å²) in [5, 5.41) is 18.1. The molecular weight excluding hydrogens is 280 g/mol. The Bertz CT molecular complexity index is 365. The number of carboxylic acid groups (broad SMARTS) is 2. The molecule has 0 radical (unpaired) electrons. The molecule has 1 atom stereocenters. The lowest BCUT2D eigenvalue weighted by atomic mass is 10.2. The molecule has 0 unspecified atom stereocenters. The first-order valence-corrected chi connectivity index (χ1v) is 6.70. The number of amides is 1. The summed E-state index contributed by atoms with van der Waals surface area (Å²) in [6.07, 6.45) is 0.793. The molecule has 1 fully saturated rings. The van der Waals surface area contributed by atoms with Crippen molar-refractivity contribution in [2.75, 3.05) is 19.6 Å². The van der Waals surface area contributed by atoms with Crippen LogP contribution < -0.4 is 5.32 Å². The minimum absolute atomic E-state index is 0.196. The van der Waals surface area contributed by atoms with Gasteiger partial charge in [-0.25, -0.2) is 14.4 Å². The number of carbonyl (C=O) groups is 3. The van der Waals surface area contributed by atoms with Gasteiger partial charge < -0.3 is 25.2 Å². The quantitative estimate of drug-likeness (QED) is 0.566. The molecule has 0 aromatic rings. The summed E-state index contributed by atoms with van der Waals surface area (Å²) < 4.78 is 5.34. The Morgan fingerprint density at radius 2 is 1.71 bits per heavy atom. The average Bonchev–Trinajstić information content (AvgIpc) is 2.52. The van der Waals surface area contributed by atoms with Crippen molar-refractivity contribution in [3.63, 3.8) is 0 Å². The van der Waals surface area contributed by atoms with Crippen molar-refractivity contribution >= 4 is 18.0 Å². The molecule has 1 aliphatic heterocycles. The van der Waals surface area contributed by atoms with E-state index < -0.39 is 17.5 Å². The van der Waals surface area contributed by atoms with Gasteiger partial charge in [0.2, 0.25) is 0 Å². The second kappa shape index (κ2) is 8.46. The highest BCUT2D eigenvalue weighted by Gasteiger charge is 2.24. The van der Waals surface area contributed by atoms with E-state index in [-0.39, 0.29) is 6.09 Å². The van der Waals surface area contributed by atoms with Crippen LogP contribution in [0.3, 0.4) is 0 Å². The van der Waals surface area contributed by atoms with Gasteiger partial charge in [0.05, 0.1) is 0 Å². The maximum Gasteiger partial charge on any atom is 0.414 e. The topological polar surface area (TPSA) is 116 Å². The van der Waals surface area contributed by atoms with Crippen LogP contribution in [-0.4, -0.2) is 64.4 Å². The molecule has 8 nitrogen and oxygen atoms in total. The first-order chi connectivity index (χ1) is 9.53. The summed E-state index contributed by atoms with van der Waals surface area (Å²) in [6.45, 7) is 10.3. The summed E-state index contributed by atoms with van der Waals surface area (Å²) in [7, 11) is 0. The van der Waals surface area contributed by atoms with Gasteiger partial charge >= 0.3 is 18.0 Å². The highest BCUT2D eigenvalue weighted by atomic mass is 16.6. The van der Waals surface area contributed by atoms with Crippen LogP contribution in [0.15, 0.2) is 0 Å². The van der Waals surface area contributed by atoms with Crippen LogP contribution in [0.4, 0.5) is 4.79 Å². The molecule has 0 aliphatic carbocycles. The fraction of sp³-hybridized carbons (Fsp3) is 0.769. The highest BCUT2D eigenvalue weighted by Crippen LogP contribution is 2.11. The van der Waals surface area contributed by atoms with Crippen molar-refractivity contribution in [3.05, 3.63) is 0 Å². The smallest absolute Gasteiger partial charge is 0.414 e. The molecule has 1 amide bonds. The molecule has 0 aromatic heterocycles. The Labute approximate surface area is 124 Å². The third-order valence-corrected chi connectivity index (χ3v) is 2.43. The third-order valence-electron chi connectivity index (χ3n) is 2.43. The normalized spacial score (nSPS) is 18.9. The van der Waals surface area contributed by atoms with Crippen molar-refractivity contribution < 1.29 is 29.3 Å². The van der Waals surface area contributed by atoms with E-state index in [0.717, 1.165) is 26.1 Å². The van der Waals surface area contributed by atoms with Gasteiger partial charge in [-0.3, -0.25) is 0 Å². The molecule has 1 heterocycles. The van der Waals surface area contributed by atoms with Crippen molar-refractivity contribution in [3.8, 4) is 0 Å². The Morgan fingerprint density at radius 3 is 2.14 bits per heavy atom. The van der Waals surface area contributed by atoms with Crippen LogP contribution in [0.25, 0.3) is 0 Å². The van der Waals surface area contributed by atoms with E-state index in [1.807, 2.05) is 20.8 Å². The summed E-state index contributed by atoms with van der Waals surface area (Å²) >= 11 is 0. The van der Waals surface area contributed by atoms with E-state index in [4.69, 9.17) is 24.5 Å². The van der Waals surface area contributed by atoms with Crippen LogP contribution in [0.2, 0.25) is 0 Å². The van der Waals surface area contributed by atoms with Gasteiger partial charge in [0.25, 0.3) is 0 Å². The molecule has 1 aliphatic rings. The van der Waals surface area contributed by atoms with Gasteiger partial charge in [-0.1, -0.05) is 0 Å². The molecule has 0 spiro atoms. The van der Waals surface area contributed by atoms with Crippen LogP contribution >= 0.6 is 0 Å². The molecule has 3 N–H and O–H groups in total. The zero-order valence-corrected chi connectivity index (χ0v) is 12.9. The van der Waals surface area contributed by atoms with Gasteiger partial charge in [-0.05, 0) is 40.7 Å². The zero-order valence-electron chi connectivity index (χ0n) is 12.9. The number of carbonyl (C=O) groups excluding carboxylic acids is 1. The van der Waals surface area contributed by atoms with E-state index in [1.165, 1.54) is 0 Å². The van der Waals surface area contributed by atoms with Crippen LogP contribution in [0, 0.1) is 0 Å². The van der Waals surface area contributed by atoms with Gasteiger partial charge in [-0.2, -0.15) is 0 Å². The number of nitrogens with one attached hydrogen (secondary N) is 1. The first-order valence-electron chi connectivity index (χ1n) is 6.70.